The van der Waals surface area contributed by atoms with Crippen LogP contribution in [0.5, 0.6) is 5.75 Å². The maximum absolute atomic E-state index is 13.3. The summed E-state index contributed by atoms with van der Waals surface area (Å²) < 4.78 is 10.3. The zero-order valence-corrected chi connectivity index (χ0v) is 24.4. The fourth-order valence-electron chi connectivity index (χ4n) is 7.32. The summed E-state index contributed by atoms with van der Waals surface area (Å²) in [5.41, 5.74) is 9.61. The van der Waals surface area contributed by atoms with Crippen molar-refractivity contribution in [2.24, 2.45) is 7.05 Å². The lowest BCUT2D eigenvalue weighted by Crippen LogP contribution is -2.50. The maximum atomic E-state index is 13.3. The minimum absolute atomic E-state index is 0.00941. The zero-order valence-electron chi connectivity index (χ0n) is 24.4. The fourth-order valence-corrected chi connectivity index (χ4v) is 7.32. The number of rotatable bonds is 5. The smallest absolute Gasteiger partial charge is 0.260 e. The topological polar surface area (TPSA) is 97.5 Å². The molecule has 0 unspecified atom stereocenters. The van der Waals surface area contributed by atoms with Gasteiger partial charge in [-0.1, -0.05) is 0 Å². The van der Waals surface area contributed by atoms with Gasteiger partial charge in [0.15, 0.2) is 6.61 Å². The summed E-state index contributed by atoms with van der Waals surface area (Å²) >= 11 is 0. The molecule has 1 aliphatic carbocycles. The third-order valence-corrected chi connectivity index (χ3v) is 9.25. The number of nitrogens with zero attached hydrogens (tertiary/aromatic N) is 6. The van der Waals surface area contributed by atoms with Crippen LogP contribution in [0.25, 0.3) is 32.9 Å². The first-order chi connectivity index (χ1) is 21.0. The number of nitrogens with one attached hydrogen (secondary N) is 1. The standard InChI is InChI=1S/C33H33N7O3/c1-3-40-27-7-4-21(43-19-28(41)39-14-12-38(13-15-39)20-8-10-34-11-9-20)16-23(27)30-24-17-35-33(42)31(24)29-22(32(30)40)5-6-26-25(29)18-37(2)36-26/h4,7-11,16,18H,3,5-6,12-15,17,19H2,1-2H3,(H,35,42). The van der Waals surface area contributed by atoms with Gasteiger partial charge < -0.3 is 24.4 Å². The van der Waals surface area contributed by atoms with Gasteiger partial charge >= 0.3 is 0 Å². The van der Waals surface area contributed by atoms with Gasteiger partial charge in [-0.05, 0) is 61.2 Å². The van der Waals surface area contributed by atoms with Gasteiger partial charge in [-0.15, -0.1) is 0 Å². The Labute approximate surface area is 248 Å². The number of carbonyl (C=O) groups excluding carboxylic acids is 2. The van der Waals surface area contributed by atoms with Crippen molar-refractivity contribution in [3.8, 4) is 16.9 Å². The van der Waals surface area contributed by atoms with E-state index in [1.807, 2.05) is 47.1 Å². The van der Waals surface area contributed by atoms with E-state index in [2.05, 4.69) is 37.9 Å². The fraction of sp³-hybridized carbons (Fsp3) is 0.333. The molecule has 0 bridgehead atoms. The average molecular weight is 576 g/mol. The van der Waals surface area contributed by atoms with Gasteiger partial charge in [-0.3, -0.25) is 19.3 Å². The molecule has 0 spiro atoms. The van der Waals surface area contributed by atoms with Crippen molar-refractivity contribution in [1.82, 2.24) is 29.5 Å². The van der Waals surface area contributed by atoms with Crippen LogP contribution in [0.15, 0.2) is 48.9 Å². The molecule has 2 aromatic carbocycles. The van der Waals surface area contributed by atoms with E-state index in [4.69, 9.17) is 4.74 Å². The number of benzene rings is 2. The van der Waals surface area contributed by atoms with Crippen LogP contribution in [0.1, 0.15) is 34.1 Å². The molecule has 5 aromatic rings. The van der Waals surface area contributed by atoms with Crippen molar-refractivity contribution in [3.05, 3.63) is 71.3 Å². The molecular formula is C33H33N7O3. The summed E-state index contributed by atoms with van der Waals surface area (Å²) in [7, 11) is 1.94. The second kappa shape index (κ2) is 9.86. The SMILES string of the molecule is CCn1c2ccc(OCC(=O)N3CCN(c4ccncc4)CC3)cc2c2c3c(c4c(c21)CCc1nn(C)cc1-4)C(=O)NC3. The van der Waals surface area contributed by atoms with E-state index in [1.54, 1.807) is 12.4 Å². The highest BCUT2D eigenvalue weighted by atomic mass is 16.5. The van der Waals surface area contributed by atoms with Gasteiger partial charge in [-0.25, -0.2) is 0 Å². The largest absolute Gasteiger partial charge is 0.484 e. The summed E-state index contributed by atoms with van der Waals surface area (Å²) in [4.78, 5) is 34.6. The van der Waals surface area contributed by atoms with Crippen molar-refractivity contribution in [1.29, 1.82) is 0 Å². The number of aromatic nitrogens is 4. The molecule has 2 amide bonds. The average Bonchev–Trinajstić information content (AvgIpc) is 3.72. The predicted molar refractivity (Wildman–Crippen MR) is 164 cm³/mol. The number of anilines is 1. The maximum Gasteiger partial charge on any atom is 0.260 e. The lowest BCUT2D eigenvalue weighted by molar-refractivity contribution is -0.133. The number of hydrogen-bond acceptors (Lipinski definition) is 6. The van der Waals surface area contributed by atoms with Gasteiger partial charge in [0.05, 0.1) is 16.8 Å². The Balaban J connectivity index is 1.12. The van der Waals surface area contributed by atoms with Crippen molar-refractivity contribution >= 4 is 39.3 Å². The Hall–Kier alpha value is -4.86. The normalized spacial score (nSPS) is 15.9. The molecule has 0 atom stereocenters. The van der Waals surface area contributed by atoms with E-state index < -0.39 is 0 Å². The number of aryl methyl sites for hydroxylation is 4. The number of pyridine rings is 1. The van der Waals surface area contributed by atoms with Crippen molar-refractivity contribution in [2.75, 3.05) is 37.7 Å². The van der Waals surface area contributed by atoms with E-state index in [1.165, 1.54) is 11.1 Å². The third-order valence-electron chi connectivity index (χ3n) is 9.25. The number of carbonyl (C=O) groups is 2. The highest BCUT2D eigenvalue weighted by molar-refractivity contribution is 6.19. The number of hydrogen-bond donors (Lipinski definition) is 1. The molecule has 3 aliphatic rings. The first kappa shape index (κ1) is 25.8. The third kappa shape index (κ3) is 4.00. The summed E-state index contributed by atoms with van der Waals surface area (Å²) in [6.07, 6.45) is 7.31. The highest BCUT2D eigenvalue weighted by Crippen LogP contribution is 2.47. The highest BCUT2D eigenvalue weighted by Gasteiger charge is 2.35. The van der Waals surface area contributed by atoms with Crippen LogP contribution in [-0.4, -0.2) is 68.8 Å². The molecular weight excluding hydrogens is 542 g/mol. The van der Waals surface area contributed by atoms with Gasteiger partial charge in [0, 0.05) is 98.0 Å². The number of fused-ring (bicyclic) bond motifs is 10. The Kier molecular flexibility index (Phi) is 5.92. The van der Waals surface area contributed by atoms with Crippen molar-refractivity contribution in [2.45, 2.75) is 32.9 Å². The summed E-state index contributed by atoms with van der Waals surface area (Å²) in [5.74, 6) is 0.622. The summed E-state index contributed by atoms with van der Waals surface area (Å²) in [6, 6.07) is 10.1. The number of amides is 2. The molecule has 43 heavy (non-hydrogen) atoms. The molecule has 1 N–H and O–H groups in total. The van der Waals surface area contributed by atoms with Gasteiger partial charge in [0.2, 0.25) is 0 Å². The quantitative estimate of drug-likeness (QED) is 0.344. The Morgan fingerprint density at radius 1 is 1.02 bits per heavy atom. The molecule has 1 fully saturated rings. The predicted octanol–water partition coefficient (Wildman–Crippen LogP) is 3.68. The van der Waals surface area contributed by atoms with E-state index in [0.717, 1.165) is 82.4 Å². The minimum atomic E-state index is -0.0238. The Morgan fingerprint density at radius 3 is 2.63 bits per heavy atom. The van der Waals surface area contributed by atoms with Gasteiger partial charge in [-0.2, -0.15) is 5.10 Å². The van der Waals surface area contributed by atoms with E-state index in [9.17, 15) is 9.59 Å². The lowest BCUT2D eigenvalue weighted by Gasteiger charge is -2.36. The van der Waals surface area contributed by atoms with Crippen LogP contribution in [0.4, 0.5) is 5.69 Å². The van der Waals surface area contributed by atoms with Crippen LogP contribution in [0, 0.1) is 0 Å². The van der Waals surface area contributed by atoms with Crippen LogP contribution in [-0.2, 0) is 37.8 Å². The van der Waals surface area contributed by atoms with Crippen molar-refractivity contribution < 1.29 is 14.3 Å². The molecule has 0 radical (unpaired) electrons. The number of piperazine rings is 1. The second-order valence-electron chi connectivity index (χ2n) is 11.6. The van der Waals surface area contributed by atoms with Crippen LogP contribution >= 0.6 is 0 Å². The molecule has 10 nitrogen and oxygen atoms in total. The molecule has 1 saturated heterocycles. The molecule has 2 aliphatic heterocycles. The summed E-state index contributed by atoms with van der Waals surface area (Å²) in [5, 5.41) is 9.95. The number of ether oxygens (including phenoxy) is 1. The monoisotopic (exact) mass is 575 g/mol. The first-order valence-electron chi connectivity index (χ1n) is 15.0. The minimum Gasteiger partial charge on any atom is -0.484 e. The van der Waals surface area contributed by atoms with E-state index in [-0.39, 0.29) is 18.4 Å². The van der Waals surface area contributed by atoms with Crippen LogP contribution in [0.2, 0.25) is 0 Å². The zero-order chi connectivity index (χ0) is 29.2. The molecule has 218 valence electrons. The Morgan fingerprint density at radius 2 is 1.84 bits per heavy atom. The van der Waals surface area contributed by atoms with E-state index >= 15 is 0 Å². The summed E-state index contributed by atoms with van der Waals surface area (Å²) in [6.45, 7) is 6.32. The lowest BCUT2D eigenvalue weighted by atomic mass is 9.82. The van der Waals surface area contributed by atoms with Crippen LogP contribution in [0.3, 0.4) is 0 Å². The Bertz CT molecular complexity index is 1930. The molecule has 5 heterocycles. The van der Waals surface area contributed by atoms with Crippen molar-refractivity contribution in [3.63, 3.8) is 0 Å². The van der Waals surface area contributed by atoms with Crippen LogP contribution < -0.4 is 15.0 Å². The molecule has 3 aromatic heterocycles. The van der Waals surface area contributed by atoms with Gasteiger partial charge in [0.1, 0.15) is 5.75 Å². The molecule has 10 heteroatoms. The first-order valence-corrected chi connectivity index (χ1v) is 15.0. The molecule has 8 rings (SSSR count). The molecule has 0 saturated carbocycles. The second-order valence-corrected chi connectivity index (χ2v) is 11.6. The van der Waals surface area contributed by atoms with E-state index in [0.29, 0.717) is 25.4 Å². The van der Waals surface area contributed by atoms with Gasteiger partial charge in [0.25, 0.3) is 11.8 Å².